The van der Waals surface area contributed by atoms with E-state index in [1.807, 2.05) is 6.92 Å². The van der Waals surface area contributed by atoms with Gasteiger partial charge >= 0.3 is 0 Å². The van der Waals surface area contributed by atoms with Crippen molar-refractivity contribution >= 4 is 17.3 Å². The minimum atomic E-state index is -0.388. The van der Waals surface area contributed by atoms with Crippen molar-refractivity contribution in [3.05, 3.63) is 21.6 Å². The van der Waals surface area contributed by atoms with Crippen LogP contribution in [0.3, 0.4) is 0 Å². The van der Waals surface area contributed by atoms with Crippen molar-refractivity contribution in [1.82, 2.24) is 10.2 Å². The van der Waals surface area contributed by atoms with E-state index in [-0.39, 0.29) is 10.6 Å². The van der Waals surface area contributed by atoms with Gasteiger partial charge in [-0.15, -0.1) is 0 Å². The lowest BCUT2D eigenvalue weighted by Gasteiger charge is -2.12. The summed E-state index contributed by atoms with van der Waals surface area (Å²) >= 11 is 5.78. The van der Waals surface area contributed by atoms with Crippen LogP contribution in [0.4, 0.5) is 5.69 Å². The third kappa shape index (κ3) is 3.53. The second-order valence-corrected chi connectivity index (χ2v) is 3.75. The first kappa shape index (κ1) is 12.0. The lowest BCUT2D eigenvalue weighted by molar-refractivity contribution is 0.164. The van der Waals surface area contributed by atoms with E-state index in [0.717, 1.165) is 0 Å². The fourth-order valence-corrected chi connectivity index (χ4v) is 1.29. The number of ether oxygens (including phenoxy) is 1. The molecule has 0 fully saturated rings. The van der Waals surface area contributed by atoms with Crippen LogP contribution in [0.25, 0.3) is 0 Å². The van der Waals surface area contributed by atoms with Gasteiger partial charge in [0.1, 0.15) is 5.02 Å². The van der Waals surface area contributed by atoms with Crippen molar-refractivity contribution in [2.75, 3.05) is 25.6 Å². The number of anilines is 1. The number of H-pyrrole nitrogens is 1. The lowest BCUT2D eigenvalue weighted by atomic mass is 10.2. The maximum absolute atomic E-state index is 11.1. The first-order chi connectivity index (χ1) is 7.15. The molecule has 1 heterocycles. The quantitative estimate of drug-likeness (QED) is 0.797. The van der Waals surface area contributed by atoms with Gasteiger partial charge in [0.2, 0.25) is 0 Å². The molecule has 0 bridgehead atoms. The van der Waals surface area contributed by atoms with Gasteiger partial charge in [-0.1, -0.05) is 18.5 Å². The summed E-state index contributed by atoms with van der Waals surface area (Å²) in [6.45, 7) is 3.37. The topological polar surface area (TPSA) is 67.0 Å². The van der Waals surface area contributed by atoms with Crippen molar-refractivity contribution in [2.24, 2.45) is 5.92 Å². The van der Waals surface area contributed by atoms with Crippen molar-refractivity contribution in [1.29, 1.82) is 0 Å². The molecule has 0 amide bonds. The number of halogens is 1. The zero-order valence-corrected chi connectivity index (χ0v) is 9.47. The number of nitrogens with zero attached hydrogens (tertiary/aromatic N) is 1. The molecule has 1 aromatic rings. The van der Waals surface area contributed by atoms with Gasteiger partial charge < -0.3 is 10.1 Å². The number of aromatic nitrogens is 2. The smallest absolute Gasteiger partial charge is 0.285 e. The van der Waals surface area contributed by atoms with Gasteiger partial charge in [0.25, 0.3) is 5.56 Å². The summed E-state index contributed by atoms with van der Waals surface area (Å²) in [5, 5.41) is 9.08. The largest absolute Gasteiger partial charge is 0.384 e. The second-order valence-electron chi connectivity index (χ2n) is 3.37. The van der Waals surface area contributed by atoms with Crippen LogP contribution < -0.4 is 10.9 Å². The number of nitrogens with one attached hydrogen (secondary N) is 2. The first-order valence-electron chi connectivity index (χ1n) is 4.61. The van der Waals surface area contributed by atoms with Crippen molar-refractivity contribution in [3.63, 3.8) is 0 Å². The average Bonchev–Trinajstić information content (AvgIpc) is 2.21. The summed E-state index contributed by atoms with van der Waals surface area (Å²) in [5.41, 5.74) is 0.157. The number of hydrogen-bond donors (Lipinski definition) is 2. The van der Waals surface area contributed by atoms with Crippen LogP contribution >= 0.6 is 11.6 Å². The molecule has 6 heteroatoms. The van der Waals surface area contributed by atoms with E-state index in [1.165, 1.54) is 6.20 Å². The molecule has 0 aliphatic heterocycles. The normalized spacial score (nSPS) is 12.5. The summed E-state index contributed by atoms with van der Waals surface area (Å²) in [6, 6.07) is 0. The van der Waals surface area contributed by atoms with E-state index in [2.05, 4.69) is 15.5 Å². The summed E-state index contributed by atoms with van der Waals surface area (Å²) in [7, 11) is 1.65. The SMILES string of the molecule is COCC(C)CNc1cn[nH]c(=O)c1Cl. The highest BCUT2D eigenvalue weighted by atomic mass is 35.5. The van der Waals surface area contributed by atoms with Gasteiger partial charge in [0.05, 0.1) is 18.5 Å². The predicted octanol–water partition coefficient (Wildman–Crippen LogP) is 1.12. The maximum Gasteiger partial charge on any atom is 0.285 e. The molecule has 1 aromatic heterocycles. The zero-order valence-electron chi connectivity index (χ0n) is 8.71. The van der Waals surface area contributed by atoms with Gasteiger partial charge in [0.15, 0.2) is 0 Å². The van der Waals surface area contributed by atoms with E-state index < -0.39 is 0 Å². The van der Waals surface area contributed by atoms with Crippen LogP contribution in [-0.4, -0.2) is 30.5 Å². The van der Waals surface area contributed by atoms with E-state index in [1.54, 1.807) is 7.11 Å². The van der Waals surface area contributed by atoms with Crippen molar-refractivity contribution in [3.8, 4) is 0 Å². The molecule has 0 aromatic carbocycles. The Balaban J connectivity index is 2.58. The summed E-state index contributed by atoms with van der Waals surface area (Å²) < 4.78 is 4.99. The summed E-state index contributed by atoms with van der Waals surface area (Å²) in [6.07, 6.45) is 1.49. The van der Waals surface area contributed by atoms with Gasteiger partial charge in [-0.05, 0) is 5.92 Å². The van der Waals surface area contributed by atoms with Gasteiger partial charge in [-0.3, -0.25) is 4.79 Å². The molecule has 0 aliphatic carbocycles. The van der Waals surface area contributed by atoms with Gasteiger partial charge in [0, 0.05) is 13.7 Å². The summed E-state index contributed by atoms with van der Waals surface area (Å²) in [4.78, 5) is 11.1. The van der Waals surface area contributed by atoms with Crippen molar-refractivity contribution in [2.45, 2.75) is 6.92 Å². The molecule has 15 heavy (non-hydrogen) atoms. The number of rotatable bonds is 5. The van der Waals surface area contributed by atoms with Crippen LogP contribution in [0.1, 0.15) is 6.92 Å². The molecule has 2 N–H and O–H groups in total. The highest BCUT2D eigenvalue weighted by molar-refractivity contribution is 6.32. The Hall–Kier alpha value is -1.07. The van der Waals surface area contributed by atoms with Crippen LogP contribution in [0.5, 0.6) is 0 Å². The number of methoxy groups -OCH3 is 1. The van der Waals surface area contributed by atoms with Crippen LogP contribution in [-0.2, 0) is 4.74 Å². The molecule has 1 atom stereocenters. The standard InChI is InChI=1S/C9H14ClN3O2/c1-6(5-15-2)3-11-7-4-12-13-9(14)8(7)10/h4,6H,3,5H2,1-2H3,(H2,11,13,14). The Morgan fingerprint density at radius 2 is 2.47 bits per heavy atom. The number of aromatic amines is 1. The highest BCUT2D eigenvalue weighted by Crippen LogP contribution is 2.14. The Morgan fingerprint density at radius 3 is 3.13 bits per heavy atom. The molecule has 0 aliphatic rings. The monoisotopic (exact) mass is 231 g/mol. The second kappa shape index (κ2) is 5.72. The predicted molar refractivity (Wildman–Crippen MR) is 59.4 cm³/mol. The first-order valence-corrected chi connectivity index (χ1v) is 4.99. The van der Waals surface area contributed by atoms with Crippen LogP contribution in [0.15, 0.2) is 11.0 Å². The lowest BCUT2D eigenvalue weighted by Crippen LogP contribution is -2.18. The third-order valence-corrected chi connectivity index (χ3v) is 2.26. The molecule has 0 spiro atoms. The molecule has 0 saturated heterocycles. The fraction of sp³-hybridized carbons (Fsp3) is 0.556. The molecule has 5 nitrogen and oxygen atoms in total. The molecule has 84 valence electrons. The fourth-order valence-electron chi connectivity index (χ4n) is 1.13. The Kier molecular flexibility index (Phi) is 4.58. The van der Waals surface area contributed by atoms with E-state index in [9.17, 15) is 4.79 Å². The highest BCUT2D eigenvalue weighted by Gasteiger charge is 2.06. The Morgan fingerprint density at radius 1 is 1.73 bits per heavy atom. The van der Waals surface area contributed by atoms with E-state index >= 15 is 0 Å². The van der Waals surface area contributed by atoms with Gasteiger partial charge in [-0.2, -0.15) is 5.10 Å². The van der Waals surface area contributed by atoms with E-state index in [0.29, 0.717) is 24.8 Å². The van der Waals surface area contributed by atoms with Gasteiger partial charge in [-0.25, -0.2) is 5.10 Å². The molecule has 0 saturated carbocycles. The molecular formula is C9H14ClN3O2. The number of hydrogen-bond acceptors (Lipinski definition) is 4. The molecular weight excluding hydrogens is 218 g/mol. The third-order valence-electron chi connectivity index (χ3n) is 1.89. The Labute approximate surface area is 92.8 Å². The average molecular weight is 232 g/mol. The minimum absolute atomic E-state index is 0.134. The van der Waals surface area contributed by atoms with Crippen LogP contribution in [0, 0.1) is 5.92 Å². The zero-order chi connectivity index (χ0) is 11.3. The maximum atomic E-state index is 11.1. The molecule has 1 rings (SSSR count). The Bertz CT molecular complexity index is 367. The van der Waals surface area contributed by atoms with Crippen molar-refractivity contribution < 1.29 is 4.74 Å². The van der Waals surface area contributed by atoms with E-state index in [4.69, 9.17) is 16.3 Å². The van der Waals surface area contributed by atoms with Crippen LogP contribution in [0.2, 0.25) is 5.02 Å². The molecule has 1 unspecified atom stereocenters. The summed E-state index contributed by atoms with van der Waals surface area (Å²) in [5.74, 6) is 0.338. The minimum Gasteiger partial charge on any atom is -0.384 e. The molecule has 0 radical (unpaired) electrons.